The van der Waals surface area contributed by atoms with Crippen LogP contribution in [0.3, 0.4) is 0 Å². The lowest BCUT2D eigenvalue weighted by Crippen LogP contribution is -2.35. The molecule has 2 heterocycles. The number of aromatic nitrogens is 1. The van der Waals surface area contributed by atoms with E-state index in [1.807, 2.05) is 34.5 Å². The second-order valence-electron chi connectivity index (χ2n) is 6.04. The minimum Gasteiger partial charge on any atom is -0.337 e. The number of nitrogens with one attached hydrogen (secondary N) is 1. The van der Waals surface area contributed by atoms with Gasteiger partial charge in [-0.2, -0.15) is 0 Å². The normalized spacial score (nSPS) is 14.8. The van der Waals surface area contributed by atoms with Gasteiger partial charge in [0.1, 0.15) is 5.69 Å². The van der Waals surface area contributed by atoms with Gasteiger partial charge in [-0.05, 0) is 30.7 Å². The molecule has 0 aliphatic carbocycles. The van der Waals surface area contributed by atoms with Crippen molar-refractivity contribution in [2.24, 2.45) is 0 Å². The standard InChI is InChI=1S/C19H19N3OS/c23-18(22-11-4-1-5-12-22)17-13-24-19(21-17)20-16-10-6-8-14-7-2-3-9-15(14)16/h2-3,6-10,13H,1,4-5,11-12H2,(H,20,21). The van der Waals surface area contributed by atoms with Crippen LogP contribution in [-0.2, 0) is 0 Å². The molecule has 4 nitrogen and oxygen atoms in total. The monoisotopic (exact) mass is 337 g/mol. The molecule has 1 fully saturated rings. The molecule has 1 aromatic heterocycles. The Labute approximate surface area is 145 Å². The van der Waals surface area contributed by atoms with Crippen LogP contribution < -0.4 is 5.32 Å². The summed E-state index contributed by atoms with van der Waals surface area (Å²) in [6.45, 7) is 1.70. The molecule has 5 heteroatoms. The van der Waals surface area contributed by atoms with E-state index in [2.05, 4.69) is 28.5 Å². The summed E-state index contributed by atoms with van der Waals surface area (Å²) >= 11 is 1.48. The predicted molar refractivity (Wildman–Crippen MR) is 99.1 cm³/mol. The first-order chi connectivity index (χ1) is 11.8. The average molecular weight is 337 g/mol. The van der Waals surface area contributed by atoms with Gasteiger partial charge in [-0.25, -0.2) is 4.98 Å². The van der Waals surface area contributed by atoms with Crippen molar-refractivity contribution in [3.8, 4) is 0 Å². The van der Waals surface area contributed by atoms with Gasteiger partial charge in [0, 0.05) is 29.5 Å². The molecule has 0 saturated carbocycles. The fraction of sp³-hybridized carbons (Fsp3) is 0.263. The maximum Gasteiger partial charge on any atom is 0.273 e. The Kier molecular flexibility index (Phi) is 4.17. The molecule has 1 N–H and O–H groups in total. The number of thiazole rings is 1. The SMILES string of the molecule is O=C(c1csc(Nc2cccc3ccccc23)n1)N1CCCCC1. The van der Waals surface area contributed by atoms with E-state index in [-0.39, 0.29) is 5.91 Å². The number of amides is 1. The molecule has 0 unspecified atom stereocenters. The zero-order chi connectivity index (χ0) is 16.4. The Morgan fingerprint density at radius 2 is 1.83 bits per heavy atom. The van der Waals surface area contributed by atoms with Crippen molar-refractivity contribution in [3.63, 3.8) is 0 Å². The van der Waals surface area contributed by atoms with Gasteiger partial charge in [0.15, 0.2) is 5.13 Å². The summed E-state index contributed by atoms with van der Waals surface area (Å²) < 4.78 is 0. The van der Waals surface area contributed by atoms with Crippen molar-refractivity contribution in [3.05, 3.63) is 53.5 Å². The first-order valence-corrected chi connectivity index (χ1v) is 9.19. The third kappa shape index (κ3) is 2.99. The lowest BCUT2D eigenvalue weighted by molar-refractivity contribution is 0.0719. The van der Waals surface area contributed by atoms with E-state index in [0.29, 0.717) is 5.69 Å². The van der Waals surface area contributed by atoms with Crippen molar-refractivity contribution in [1.82, 2.24) is 9.88 Å². The largest absolute Gasteiger partial charge is 0.337 e. The number of carbonyl (C=O) groups is 1. The van der Waals surface area contributed by atoms with Crippen molar-refractivity contribution in [2.75, 3.05) is 18.4 Å². The molecular formula is C19H19N3OS. The highest BCUT2D eigenvalue weighted by atomic mass is 32.1. The Morgan fingerprint density at radius 1 is 1.04 bits per heavy atom. The number of hydrogen-bond donors (Lipinski definition) is 1. The van der Waals surface area contributed by atoms with Gasteiger partial charge in [0.05, 0.1) is 0 Å². The van der Waals surface area contributed by atoms with E-state index in [1.165, 1.54) is 23.1 Å². The van der Waals surface area contributed by atoms with E-state index in [0.717, 1.165) is 42.1 Å². The summed E-state index contributed by atoms with van der Waals surface area (Å²) in [6.07, 6.45) is 3.41. The van der Waals surface area contributed by atoms with Gasteiger partial charge in [0.25, 0.3) is 5.91 Å². The summed E-state index contributed by atoms with van der Waals surface area (Å²) in [6, 6.07) is 14.4. The lowest BCUT2D eigenvalue weighted by atomic mass is 10.1. The van der Waals surface area contributed by atoms with Crippen LogP contribution in [0.5, 0.6) is 0 Å². The molecule has 0 bridgehead atoms. The molecule has 1 aliphatic heterocycles. The third-order valence-electron chi connectivity index (χ3n) is 4.40. The van der Waals surface area contributed by atoms with Crippen LogP contribution in [0.4, 0.5) is 10.8 Å². The van der Waals surface area contributed by atoms with Crippen LogP contribution in [0, 0.1) is 0 Å². The zero-order valence-electron chi connectivity index (χ0n) is 13.4. The first-order valence-electron chi connectivity index (χ1n) is 8.31. The average Bonchev–Trinajstić information content (AvgIpc) is 3.11. The Balaban J connectivity index is 1.55. The van der Waals surface area contributed by atoms with E-state index in [4.69, 9.17) is 0 Å². The number of fused-ring (bicyclic) bond motifs is 1. The Morgan fingerprint density at radius 3 is 2.71 bits per heavy atom. The summed E-state index contributed by atoms with van der Waals surface area (Å²) in [5.41, 5.74) is 1.56. The van der Waals surface area contributed by atoms with Crippen LogP contribution in [0.1, 0.15) is 29.8 Å². The van der Waals surface area contributed by atoms with Crippen LogP contribution >= 0.6 is 11.3 Å². The quantitative estimate of drug-likeness (QED) is 0.755. The maximum atomic E-state index is 12.5. The molecule has 3 aromatic rings. The van der Waals surface area contributed by atoms with Gasteiger partial charge in [-0.15, -0.1) is 11.3 Å². The highest BCUT2D eigenvalue weighted by Gasteiger charge is 2.20. The fourth-order valence-electron chi connectivity index (χ4n) is 3.14. The minimum absolute atomic E-state index is 0.0527. The second kappa shape index (κ2) is 6.61. The molecule has 0 atom stereocenters. The van der Waals surface area contributed by atoms with E-state index >= 15 is 0 Å². The molecule has 4 rings (SSSR count). The molecule has 2 aromatic carbocycles. The molecule has 24 heavy (non-hydrogen) atoms. The van der Waals surface area contributed by atoms with Gasteiger partial charge < -0.3 is 10.2 Å². The Hall–Kier alpha value is -2.40. The highest BCUT2D eigenvalue weighted by Crippen LogP contribution is 2.28. The molecule has 0 spiro atoms. The summed E-state index contributed by atoms with van der Waals surface area (Å²) in [7, 11) is 0. The Bertz CT molecular complexity index is 862. The van der Waals surface area contributed by atoms with Crippen LogP contribution in [0.25, 0.3) is 10.8 Å². The van der Waals surface area contributed by atoms with E-state index < -0.39 is 0 Å². The van der Waals surface area contributed by atoms with Crippen LogP contribution in [0.15, 0.2) is 47.8 Å². The zero-order valence-corrected chi connectivity index (χ0v) is 14.2. The number of anilines is 2. The summed E-state index contributed by atoms with van der Waals surface area (Å²) in [5.74, 6) is 0.0527. The second-order valence-corrected chi connectivity index (χ2v) is 6.90. The first kappa shape index (κ1) is 15.1. The van der Waals surface area contributed by atoms with Crippen molar-refractivity contribution in [2.45, 2.75) is 19.3 Å². The number of carbonyl (C=O) groups excluding carboxylic acids is 1. The van der Waals surface area contributed by atoms with Crippen LogP contribution in [0.2, 0.25) is 0 Å². The molecule has 0 radical (unpaired) electrons. The third-order valence-corrected chi connectivity index (χ3v) is 5.16. The smallest absolute Gasteiger partial charge is 0.273 e. The highest BCUT2D eigenvalue weighted by molar-refractivity contribution is 7.14. The number of rotatable bonds is 3. The van der Waals surface area contributed by atoms with E-state index in [1.54, 1.807) is 0 Å². The number of benzene rings is 2. The van der Waals surface area contributed by atoms with Gasteiger partial charge in [-0.3, -0.25) is 4.79 Å². The van der Waals surface area contributed by atoms with E-state index in [9.17, 15) is 4.79 Å². The van der Waals surface area contributed by atoms with Crippen LogP contribution in [-0.4, -0.2) is 28.9 Å². The number of nitrogens with zero attached hydrogens (tertiary/aromatic N) is 2. The molecule has 1 saturated heterocycles. The summed E-state index contributed by atoms with van der Waals surface area (Å²) in [4.78, 5) is 18.9. The number of likely N-dealkylation sites (tertiary alicyclic amines) is 1. The molecule has 1 aliphatic rings. The van der Waals surface area contributed by atoms with Crippen molar-refractivity contribution in [1.29, 1.82) is 0 Å². The number of piperidine rings is 1. The van der Waals surface area contributed by atoms with Gasteiger partial charge >= 0.3 is 0 Å². The topological polar surface area (TPSA) is 45.2 Å². The van der Waals surface area contributed by atoms with Crippen molar-refractivity contribution < 1.29 is 4.79 Å². The van der Waals surface area contributed by atoms with Gasteiger partial charge in [0.2, 0.25) is 0 Å². The predicted octanol–water partition coefficient (Wildman–Crippen LogP) is 4.67. The number of hydrogen-bond acceptors (Lipinski definition) is 4. The van der Waals surface area contributed by atoms with Crippen molar-refractivity contribution >= 4 is 38.8 Å². The molecule has 1 amide bonds. The summed E-state index contributed by atoms with van der Waals surface area (Å²) in [5, 5.41) is 8.31. The fourth-order valence-corrected chi connectivity index (χ4v) is 3.83. The van der Waals surface area contributed by atoms with Gasteiger partial charge in [-0.1, -0.05) is 36.4 Å². The maximum absolute atomic E-state index is 12.5. The minimum atomic E-state index is 0.0527. The lowest BCUT2D eigenvalue weighted by Gasteiger charge is -2.25. The molecular weight excluding hydrogens is 318 g/mol. The molecule has 122 valence electrons.